The molecule has 1 heterocycles. The number of fused-ring (bicyclic) bond motifs is 1. The maximum absolute atomic E-state index is 12.5. The molecule has 0 spiro atoms. The van der Waals surface area contributed by atoms with Gasteiger partial charge in [0.05, 0.1) is 7.11 Å². The normalized spacial score (nSPS) is 16.4. The molecule has 0 fully saturated rings. The Morgan fingerprint density at radius 3 is 2.73 bits per heavy atom. The van der Waals surface area contributed by atoms with Crippen LogP contribution < -0.4 is 15.0 Å². The predicted octanol–water partition coefficient (Wildman–Crippen LogP) is 2.39. The van der Waals surface area contributed by atoms with Crippen LogP contribution in [0.1, 0.15) is 11.5 Å². The van der Waals surface area contributed by atoms with Gasteiger partial charge in [0.2, 0.25) is 11.8 Å². The van der Waals surface area contributed by atoms with Crippen molar-refractivity contribution in [2.75, 3.05) is 24.4 Å². The van der Waals surface area contributed by atoms with Gasteiger partial charge in [-0.15, -0.1) is 0 Å². The fourth-order valence-corrected chi connectivity index (χ4v) is 2.65. The maximum Gasteiger partial charge on any atom is 0.243 e. The number of methoxy groups -OCH3 is 1. The molecule has 0 saturated carbocycles. The van der Waals surface area contributed by atoms with Crippen LogP contribution >= 0.6 is 0 Å². The van der Waals surface area contributed by atoms with Gasteiger partial charge in [-0.05, 0) is 23.8 Å². The molecule has 1 atom stereocenters. The number of nitrogens with one attached hydrogen (secondary N) is 1. The van der Waals surface area contributed by atoms with Gasteiger partial charge < -0.3 is 15.0 Å². The lowest BCUT2D eigenvalue weighted by atomic mass is 10.00. The summed E-state index contributed by atoms with van der Waals surface area (Å²) in [6.45, 7) is 0. The van der Waals surface area contributed by atoms with E-state index in [2.05, 4.69) is 5.32 Å². The van der Waals surface area contributed by atoms with Crippen molar-refractivity contribution in [3.63, 3.8) is 0 Å². The molecule has 112 valence electrons. The zero-order valence-electron chi connectivity index (χ0n) is 12.4. The number of amides is 2. The molecule has 0 radical (unpaired) electrons. The van der Waals surface area contributed by atoms with Gasteiger partial charge in [-0.3, -0.25) is 9.59 Å². The third-order valence-corrected chi connectivity index (χ3v) is 3.79. The summed E-state index contributed by atoms with van der Waals surface area (Å²) in [7, 11) is 3.24. The van der Waals surface area contributed by atoms with E-state index in [0.717, 1.165) is 11.3 Å². The van der Waals surface area contributed by atoms with Crippen LogP contribution in [0.15, 0.2) is 48.5 Å². The Morgan fingerprint density at radius 1 is 1.18 bits per heavy atom. The average molecular weight is 296 g/mol. The van der Waals surface area contributed by atoms with Crippen molar-refractivity contribution < 1.29 is 14.3 Å². The minimum absolute atomic E-state index is 0.221. The van der Waals surface area contributed by atoms with E-state index in [1.165, 1.54) is 4.90 Å². The molecule has 1 unspecified atom stereocenters. The molecular formula is C17H16N2O3. The number of carbonyl (C=O) groups is 2. The number of rotatable bonds is 3. The van der Waals surface area contributed by atoms with Gasteiger partial charge in [0.25, 0.3) is 0 Å². The number of ether oxygens (including phenoxy) is 1. The monoisotopic (exact) mass is 296 g/mol. The first-order chi connectivity index (χ1) is 10.6. The average Bonchev–Trinajstić information content (AvgIpc) is 2.79. The van der Waals surface area contributed by atoms with Gasteiger partial charge in [0.1, 0.15) is 11.7 Å². The van der Waals surface area contributed by atoms with Crippen molar-refractivity contribution in [2.45, 2.75) is 5.92 Å². The first kappa shape index (κ1) is 14.1. The highest BCUT2D eigenvalue weighted by Crippen LogP contribution is 2.36. The molecule has 5 nitrogen and oxygen atoms in total. The van der Waals surface area contributed by atoms with Crippen molar-refractivity contribution in [1.82, 2.24) is 0 Å². The van der Waals surface area contributed by atoms with Crippen LogP contribution in [0.3, 0.4) is 0 Å². The van der Waals surface area contributed by atoms with Crippen molar-refractivity contribution in [2.24, 2.45) is 0 Å². The molecule has 3 rings (SSSR count). The Balaban J connectivity index is 1.88. The lowest BCUT2D eigenvalue weighted by Gasteiger charge is -2.12. The zero-order valence-corrected chi connectivity index (χ0v) is 12.4. The summed E-state index contributed by atoms with van der Waals surface area (Å²) in [5.41, 5.74) is 2.11. The van der Waals surface area contributed by atoms with Crippen LogP contribution in [0.4, 0.5) is 11.4 Å². The fourth-order valence-electron chi connectivity index (χ4n) is 2.65. The van der Waals surface area contributed by atoms with E-state index in [1.807, 2.05) is 24.3 Å². The van der Waals surface area contributed by atoms with E-state index < -0.39 is 5.92 Å². The Hall–Kier alpha value is -2.82. The van der Waals surface area contributed by atoms with Crippen molar-refractivity contribution >= 4 is 23.2 Å². The molecule has 0 saturated heterocycles. The number of anilines is 2. The number of hydrogen-bond acceptors (Lipinski definition) is 3. The SMILES string of the molecule is COc1cccc(NC(=O)C2C(=O)N(C)c3ccccc32)c1. The second-order valence-electron chi connectivity index (χ2n) is 5.11. The Kier molecular flexibility index (Phi) is 3.55. The Bertz CT molecular complexity index is 742. The van der Waals surface area contributed by atoms with Gasteiger partial charge in [0.15, 0.2) is 0 Å². The third-order valence-electron chi connectivity index (χ3n) is 3.79. The summed E-state index contributed by atoms with van der Waals surface area (Å²) in [5, 5.41) is 2.78. The summed E-state index contributed by atoms with van der Waals surface area (Å²) < 4.78 is 5.13. The van der Waals surface area contributed by atoms with Crippen molar-refractivity contribution in [3.8, 4) is 5.75 Å². The van der Waals surface area contributed by atoms with E-state index in [4.69, 9.17) is 4.74 Å². The van der Waals surface area contributed by atoms with Crippen LogP contribution in [-0.2, 0) is 9.59 Å². The highest BCUT2D eigenvalue weighted by Gasteiger charge is 2.39. The highest BCUT2D eigenvalue weighted by molar-refractivity contribution is 6.20. The van der Waals surface area contributed by atoms with Crippen LogP contribution in [0.2, 0.25) is 0 Å². The summed E-state index contributed by atoms with van der Waals surface area (Å²) in [5.74, 6) is -0.725. The van der Waals surface area contributed by atoms with Gasteiger partial charge >= 0.3 is 0 Å². The lowest BCUT2D eigenvalue weighted by molar-refractivity contribution is -0.126. The first-order valence-corrected chi connectivity index (χ1v) is 6.93. The molecule has 2 aromatic rings. The molecule has 0 aliphatic carbocycles. The quantitative estimate of drug-likeness (QED) is 0.885. The Morgan fingerprint density at radius 2 is 1.95 bits per heavy atom. The second kappa shape index (κ2) is 5.52. The second-order valence-corrected chi connectivity index (χ2v) is 5.11. The number of carbonyl (C=O) groups excluding carboxylic acids is 2. The molecule has 0 aromatic heterocycles. The smallest absolute Gasteiger partial charge is 0.243 e. The van der Waals surface area contributed by atoms with Crippen molar-refractivity contribution in [1.29, 1.82) is 0 Å². The summed E-state index contributed by atoms with van der Waals surface area (Å²) in [6, 6.07) is 14.4. The number of para-hydroxylation sites is 1. The minimum Gasteiger partial charge on any atom is -0.497 e. The van der Waals surface area contributed by atoms with Crippen molar-refractivity contribution in [3.05, 3.63) is 54.1 Å². The number of benzene rings is 2. The highest BCUT2D eigenvalue weighted by atomic mass is 16.5. The van der Waals surface area contributed by atoms with Gasteiger partial charge in [-0.1, -0.05) is 24.3 Å². The summed E-state index contributed by atoms with van der Waals surface area (Å²) in [6.07, 6.45) is 0. The molecule has 2 aromatic carbocycles. The van der Waals surface area contributed by atoms with Crippen LogP contribution in [0.5, 0.6) is 5.75 Å². The predicted molar refractivity (Wildman–Crippen MR) is 84.2 cm³/mol. The molecule has 5 heteroatoms. The standard InChI is InChI=1S/C17H16N2O3/c1-19-14-9-4-3-8-13(14)15(17(19)21)16(20)18-11-6-5-7-12(10-11)22-2/h3-10,15H,1-2H3,(H,18,20). The van der Waals surface area contributed by atoms with Gasteiger partial charge in [-0.25, -0.2) is 0 Å². The van der Waals surface area contributed by atoms with Gasteiger partial charge in [0, 0.05) is 24.5 Å². The molecule has 1 aliphatic rings. The molecule has 22 heavy (non-hydrogen) atoms. The van der Waals surface area contributed by atoms with Gasteiger partial charge in [-0.2, -0.15) is 0 Å². The maximum atomic E-state index is 12.5. The molecule has 1 N–H and O–H groups in total. The summed E-state index contributed by atoms with van der Waals surface area (Å²) in [4.78, 5) is 26.4. The van der Waals surface area contributed by atoms with E-state index >= 15 is 0 Å². The third kappa shape index (κ3) is 2.30. The molecule has 0 bridgehead atoms. The minimum atomic E-state index is -0.813. The Labute approximate surface area is 128 Å². The largest absolute Gasteiger partial charge is 0.497 e. The molecular weight excluding hydrogens is 280 g/mol. The van der Waals surface area contributed by atoms with Crippen LogP contribution in [-0.4, -0.2) is 26.0 Å². The van der Waals surface area contributed by atoms with E-state index in [-0.39, 0.29) is 11.8 Å². The topological polar surface area (TPSA) is 58.6 Å². The number of nitrogens with zero attached hydrogens (tertiary/aromatic N) is 1. The van der Waals surface area contributed by atoms with E-state index in [1.54, 1.807) is 38.4 Å². The molecule has 1 aliphatic heterocycles. The first-order valence-electron chi connectivity index (χ1n) is 6.93. The molecule has 2 amide bonds. The van der Waals surface area contributed by atoms with Crippen LogP contribution in [0.25, 0.3) is 0 Å². The lowest BCUT2D eigenvalue weighted by Crippen LogP contribution is -2.31. The van der Waals surface area contributed by atoms with E-state index in [9.17, 15) is 9.59 Å². The van der Waals surface area contributed by atoms with Crippen LogP contribution in [0, 0.1) is 0 Å². The number of hydrogen-bond donors (Lipinski definition) is 1. The van der Waals surface area contributed by atoms with E-state index in [0.29, 0.717) is 11.4 Å². The fraction of sp³-hybridized carbons (Fsp3) is 0.176. The zero-order chi connectivity index (χ0) is 15.7. The number of likely N-dealkylation sites (N-methyl/N-ethyl adjacent to an activating group) is 1. The summed E-state index contributed by atoms with van der Waals surface area (Å²) >= 11 is 0.